The third-order valence-corrected chi connectivity index (χ3v) is 2.77. The fraction of sp³-hybridized carbons (Fsp3) is 0.125. The topological polar surface area (TPSA) is 78.7 Å². The van der Waals surface area contributed by atoms with E-state index < -0.39 is 6.03 Å². The zero-order valence-electron chi connectivity index (χ0n) is 7.48. The van der Waals surface area contributed by atoms with Gasteiger partial charge in [-0.1, -0.05) is 0 Å². The van der Waals surface area contributed by atoms with E-state index in [1.165, 1.54) is 4.90 Å². The van der Waals surface area contributed by atoms with Crippen molar-refractivity contribution in [2.75, 3.05) is 0 Å². The first-order valence-electron chi connectivity index (χ1n) is 4.27. The predicted molar refractivity (Wildman–Crippen MR) is 53.7 cm³/mol. The summed E-state index contributed by atoms with van der Waals surface area (Å²) >= 11 is 4.84. The van der Waals surface area contributed by atoms with Crippen molar-refractivity contribution in [2.45, 2.75) is 6.42 Å². The number of carbonyl (C=O) groups excluding carboxylic acids is 2. The molecule has 1 saturated heterocycles. The second kappa shape index (κ2) is 2.37. The number of hydrogen-bond acceptors (Lipinski definition) is 3. The van der Waals surface area contributed by atoms with Crippen LogP contribution in [0.3, 0.4) is 0 Å². The van der Waals surface area contributed by atoms with Crippen molar-refractivity contribution in [3.05, 3.63) is 23.3 Å². The van der Waals surface area contributed by atoms with E-state index >= 15 is 0 Å². The van der Waals surface area contributed by atoms with E-state index in [4.69, 9.17) is 18.0 Å². The number of thiocarbonyl (C=S) groups is 1. The summed E-state index contributed by atoms with van der Waals surface area (Å²) in [6, 6.07) is -0.404. The molecule has 0 atom stereocenters. The minimum absolute atomic E-state index is 0.180. The van der Waals surface area contributed by atoms with Crippen molar-refractivity contribution >= 4 is 29.3 Å². The van der Waals surface area contributed by atoms with Gasteiger partial charge in [0.2, 0.25) is 0 Å². The average Bonchev–Trinajstić information content (AvgIpc) is 2.77. The SMILES string of the molecule is NC(=S)N1C=C2CC1=C1C(=O)NC(=O)N21. The van der Waals surface area contributed by atoms with Gasteiger partial charge in [0.15, 0.2) is 5.11 Å². The molecule has 7 heteroatoms. The first-order chi connectivity index (χ1) is 7.09. The van der Waals surface area contributed by atoms with E-state index in [9.17, 15) is 9.59 Å². The highest BCUT2D eigenvalue weighted by molar-refractivity contribution is 7.80. The maximum atomic E-state index is 11.5. The zero-order chi connectivity index (χ0) is 10.7. The normalized spacial score (nSPS) is 22.3. The Balaban J connectivity index is 2.15. The van der Waals surface area contributed by atoms with Crippen LogP contribution in [0.4, 0.5) is 4.79 Å². The minimum atomic E-state index is -0.404. The Morgan fingerprint density at radius 1 is 1.53 bits per heavy atom. The second-order valence-corrected chi connectivity index (χ2v) is 3.81. The number of hydrogen-bond donors (Lipinski definition) is 2. The maximum absolute atomic E-state index is 11.5. The van der Waals surface area contributed by atoms with Crippen molar-refractivity contribution in [1.82, 2.24) is 15.1 Å². The molecule has 0 unspecified atom stereocenters. The van der Waals surface area contributed by atoms with Crippen LogP contribution in [-0.2, 0) is 4.79 Å². The van der Waals surface area contributed by atoms with Gasteiger partial charge in [0.25, 0.3) is 5.91 Å². The average molecular weight is 222 g/mol. The lowest BCUT2D eigenvalue weighted by molar-refractivity contribution is -0.116. The molecular formula is C8H6N4O2S. The van der Waals surface area contributed by atoms with Gasteiger partial charge in [-0.2, -0.15) is 0 Å². The number of fused-ring (bicyclic) bond motifs is 4. The molecule has 3 amide bonds. The number of amides is 3. The van der Waals surface area contributed by atoms with Crippen molar-refractivity contribution in [3.63, 3.8) is 0 Å². The summed E-state index contributed by atoms with van der Waals surface area (Å²) in [6.07, 6.45) is 2.21. The molecule has 0 aromatic carbocycles. The maximum Gasteiger partial charge on any atom is 0.333 e. The van der Waals surface area contributed by atoms with Crippen molar-refractivity contribution in [2.24, 2.45) is 5.73 Å². The van der Waals surface area contributed by atoms with Gasteiger partial charge in [0.1, 0.15) is 5.70 Å². The lowest BCUT2D eigenvalue weighted by Crippen LogP contribution is -2.32. The summed E-state index contributed by atoms with van der Waals surface area (Å²) in [5.74, 6) is -0.389. The van der Waals surface area contributed by atoms with Crippen molar-refractivity contribution in [1.29, 1.82) is 0 Å². The van der Waals surface area contributed by atoms with Crippen molar-refractivity contribution < 1.29 is 9.59 Å². The van der Waals surface area contributed by atoms with E-state index in [1.54, 1.807) is 11.1 Å². The van der Waals surface area contributed by atoms with Crippen LogP contribution in [0, 0.1) is 0 Å². The third kappa shape index (κ3) is 0.852. The van der Waals surface area contributed by atoms with E-state index in [-0.39, 0.29) is 11.0 Å². The minimum Gasteiger partial charge on any atom is -0.376 e. The summed E-state index contributed by atoms with van der Waals surface area (Å²) in [5, 5.41) is 2.40. The fourth-order valence-electron chi connectivity index (χ4n) is 2.01. The van der Waals surface area contributed by atoms with Crippen LogP contribution in [0.1, 0.15) is 6.42 Å². The van der Waals surface area contributed by atoms with Gasteiger partial charge in [0, 0.05) is 12.6 Å². The molecule has 0 aliphatic carbocycles. The summed E-state index contributed by atoms with van der Waals surface area (Å²) in [6.45, 7) is 0. The van der Waals surface area contributed by atoms with Gasteiger partial charge < -0.3 is 5.73 Å². The Labute approximate surface area is 90.0 Å². The van der Waals surface area contributed by atoms with Gasteiger partial charge >= 0.3 is 6.03 Å². The van der Waals surface area contributed by atoms with E-state index in [0.717, 1.165) is 5.70 Å². The van der Waals surface area contributed by atoms with Gasteiger partial charge in [0.05, 0.1) is 11.4 Å². The van der Waals surface area contributed by atoms with Crippen LogP contribution in [0.2, 0.25) is 0 Å². The van der Waals surface area contributed by atoms with Gasteiger partial charge in [-0.25, -0.2) is 4.79 Å². The van der Waals surface area contributed by atoms with Gasteiger partial charge in [-0.3, -0.25) is 19.9 Å². The molecule has 0 saturated carbocycles. The molecule has 15 heavy (non-hydrogen) atoms. The number of rotatable bonds is 0. The number of nitrogens with zero attached hydrogens (tertiary/aromatic N) is 2. The van der Waals surface area contributed by atoms with E-state index in [0.29, 0.717) is 17.8 Å². The molecule has 0 aromatic heterocycles. The molecule has 0 spiro atoms. The molecule has 3 aliphatic rings. The van der Waals surface area contributed by atoms with Crippen LogP contribution < -0.4 is 11.1 Å². The van der Waals surface area contributed by atoms with Gasteiger partial charge in [-0.15, -0.1) is 0 Å². The first kappa shape index (κ1) is 8.42. The summed E-state index contributed by atoms with van der Waals surface area (Å²) in [7, 11) is 0. The number of imide groups is 1. The second-order valence-electron chi connectivity index (χ2n) is 3.40. The quantitative estimate of drug-likeness (QED) is 0.429. The summed E-state index contributed by atoms with van der Waals surface area (Å²) in [4.78, 5) is 25.8. The molecule has 3 aliphatic heterocycles. The number of carbonyl (C=O) groups is 2. The number of nitrogens with one attached hydrogen (secondary N) is 1. The Morgan fingerprint density at radius 3 is 2.93 bits per heavy atom. The Hall–Kier alpha value is -1.89. The molecule has 3 N–H and O–H groups in total. The Bertz CT molecular complexity index is 493. The van der Waals surface area contributed by atoms with E-state index in [2.05, 4.69) is 5.32 Å². The first-order valence-corrected chi connectivity index (χ1v) is 4.68. The van der Waals surface area contributed by atoms with Crippen LogP contribution in [0.15, 0.2) is 23.3 Å². The highest BCUT2D eigenvalue weighted by Crippen LogP contribution is 2.41. The molecule has 0 aromatic rings. The predicted octanol–water partition coefficient (Wildman–Crippen LogP) is -0.446. The van der Waals surface area contributed by atoms with E-state index in [1.807, 2.05) is 0 Å². The van der Waals surface area contributed by atoms with Crippen LogP contribution in [0.5, 0.6) is 0 Å². The third-order valence-electron chi connectivity index (χ3n) is 2.58. The van der Waals surface area contributed by atoms with Crippen LogP contribution in [-0.4, -0.2) is 26.9 Å². The standard InChI is InChI=1S/C8H6N4O2S/c9-7(15)11-2-3-1-4(11)5-6(13)10-8(14)12(3)5/h2H,1H2,(H2,9,15)(H,10,13,14). The largest absolute Gasteiger partial charge is 0.376 e. The highest BCUT2D eigenvalue weighted by atomic mass is 32.1. The number of nitrogens with two attached hydrogens (primary N) is 1. The molecule has 3 heterocycles. The van der Waals surface area contributed by atoms with Gasteiger partial charge in [-0.05, 0) is 12.2 Å². The lowest BCUT2D eigenvalue weighted by Gasteiger charge is -2.20. The molecule has 76 valence electrons. The molecular weight excluding hydrogens is 216 g/mol. The Kier molecular flexibility index (Phi) is 1.33. The molecule has 3 rings (SSSR count). The van der Waals surface area contributed by atoms with Crippen molar-refractivity contribution in [3.8, 4) is 0 Å². The highest BCUT2D eigenvalue weighted by Gasteiger charge is 2.47. The van der Waals surface area contributed by atoms with Crippen LogP contribution >= 0.6 is 12.2 Å². The summed E-state index contributed by atoms with van der Waals surface area (Å²) < 4.78 is 0. The fourth-order valence-corrected chi connectivity index (χ4v) is 2.17. The lowest BCUT2D eigenvalue weighted by atomic mass is 10.3. The molecule has 6 nitrogen and oxygen atoms in total. The number of urea groups is 1. The smallest absolute Gasteiger partial charge is 0.333 e. The zero-order valence-corrected chi connectivity index (χ0v) is 8.30. The Morgan fingerprint density at radius 2 is 2.27 bits per heavy atom. The molecule has 1 fully saturated rings. The van der Waals surface area contributed by atoms with Crippen LogP contribution in [0.25, 0.3) is 0 Å². The molecule has 0 radical (unpaired) electrons. The summed E-state index contributed by atoms with van der Waals surface area (Å²) in [5.41, 5.74) is 7.26. The monoisotopic (exact) mass is 222 g/mol. The molecule has 2 bridgehead atoms.